The van der Waals surface area contributed by atoms with Crippen molar-refractivity contribution >= 4 is 0 Å². The topological polar surface area (TPSA) is 64.7 Å². The smallest absolute Gasteiger partial charge is 0.159 e. The fraction of sp³-hybridized carbons (Fsp3) is 1.00. The van der Waals surface area contributed by atoms with Crippen LogP contribution in [0.15, 0.2) is 0 Å². The molecule has 0 aromatic carbocycles. The predicted molar refractivity (Wildman–Crippen MR) is 39.9 cm³/mol. The Bertz CT molecular complexity index is 119. The van der Waals surface area contributed by atoms with E-state index in [-0.39, 0.29) is 18.4 Å². The third kappa shape index (κ3) is 1.90. The summed E-state index contributed by atoms with van der Waals surface area (Å²) in [5.41, 5.74) is 5.62. The van der Waals surface area contributed by atoms with Gasteiger partial charge >= 0.3 is 0 Å². The zero-order valence-electron chi connectivity index (χ0n) is 6.86. The molecule has 1 aliphatic heterocycles. The molecule has 4 nitrogen and oxygen atoms in total. The van der Waals surface area contributed by atoms with Crippen LogP contribution in [0.3, 0.4) is 0 Å². The molecule has 1 heterocycles. The number of rotatable bonds is 1. The van der Waals surface area contributed by atoms with Gasteiger partial charge in [-0.15, -0.1) is 0 Å². The molecule has 0 unspecified atom stereocenters. The van der Waals surface area contributed by atoms with Crippen molar-refractivity contribution in [3.05, 3.63) is 0 Å². The predicted octanol–water partition coefficient (Wildman–Crippen LogP) is -0.544. The molecule has 1 fully saturated rings. The molecule has 4 atom stereocenters. The Balaban J connectivity index is 2.47. The third-order valence-electron chi connectivity index (χ3n) is 2.01. The van der Waals surface area contributed by atoms with Gasteiger partial charge < -0.3 is 20.3 Å². The van der Waals surface area contributed by atoms with Gasteiger partial charge in [0.2, 0.25) is 0 Å². The summed E-state index contributed by atoms with van der Waals surface area (Å²) in [6.07, 6.45) is -0.504. The van der Waals surface area contributed by atoms with Crippen LogP contribution in [0.4, 0.5) is 0 Å². The molecule has 0 saturated carbocycles. The van der Waals surface area contributed by atoms with Crippen molar-refractivity contribution in [2.75, 3.05) is 7.11 Å². The highest BCUT2D eigenvalue weighted by Crippen LogP contribution is 2.18. The van der Waals surface area contributed by atoms with E-state index in [1.807, 2.05) is 0 Å². The van der Waals surface area contributed by atoms with Gasteiger partial charge in [0.05, 0.1) is 12.2 Å². The number of hydrogen-bond donors (Lipinski definition) is 2. The first-order valence-corrected chi connectivity index (χ1v) is 3.77. The van der Waals surface area contributed by atoms with Gasteiger partial charge in [-0.2, -0.15) is 0 Å². The van der Waals surface area contributed by atoms with Gasteiger partial charge in [-0.3, -0.25) is 0 Å². The van der Waals surface area contributed by atoms with Gasteiger partial charge in [0.25, 0.3) is 0 Å². The maximum atomic E-state index is 9.35. The van der Waals surface area contributed by atoms with Gasteiger partial charge in [0.1, 0.15) is 0 Å². The highest BCUT2D eigenvalue weighted by atomic mass is 16.7. The third-order valence-corrected chi connectivity index (χ3v) is 2.01. The lowest BCUT2D eigenvalue weighted by Gasteiger charge is -2.35. The maximum Gasteiger partial charge on any atom is 0.159 e. The van der Waals surface area contributed by atoms with E-state index >= 15 is 0 Å². The SMILES string of the molecule is CO[C@H]1C[C@@H](N)[C@@H](O)[C@H](C)O1. The molecule has 0 bridgehead atoms. The standard InChI is InChI=1S/C7H15NO3/c1-4-7(9)5(8)3-6(10-2)11-4/h4-7,9H,3,8H2,1-2H3/t4-,5+,6+,7-/m0/s1. The molecular weight excluding hydrogens is 146 g/mol. The lowest BCUT2D eigenvalue weighted by Crippen LogP contribution is -2.51. The first kappa shape index (κ1) is 8.93. The fourth-order valence-corrected chi connectivity index (χ4v) is 1.24. The summed E-state index contributed by atoms with van der Waals surface area (Å²) < 4.78 is 10.2. The molecule has 0 amide bonds. The monoisotopic (exact) mass is 161 g/mol. The van der Waals surface area contributed by atoms with Crippen molar-refractivity contribution < 1.29 is 14.6 Å². The molecule has 11 heavy (non-hydrogen) atoms. The van der Waals surface area contributed by atoms with Crippen LogP contribution in [0.1, 0.15) is 13.3 Å². The summed E-state index contributed by atoms with van der Waals surface area (Å²) in [5.74, 6) is 0. The first-order chi connectivity index (χ1) is 5.15. The van der Waals surface area contributed by atoms with Gasteiger partial charge in [-0.25, -0.2) is 0 Å². The van der Waals surface area contributed by atoms with Crippen molar-refractivity contribution in [3.8, 4) is 0 Å². The van der Waals surface area contributed by atoms with Crippen molar-refractivity contribution in [2.24, 2.45) is 5.73 Å². The minimum Gasteiger partial charge on any atom is -0.389 e. The van der Waals surface area contributed by atoms with E-state index < -0.39 is 6.10 Å². The van der Waals surface area contributed by atoms with Crippen molar-refractivity contribution in [1.29, 1.82) is 0 Å². The van der Waals surface area contributed by atoms with E-state index in [0.29, 0.717) is 6.42 Å². The molecule has 0 radical (unpaired) electrons. The van der Waals surface area contributed by atoms with E-state index in [9.17, 15) is 5.11 Å². The molecule has 0 aliphatic carbocycles. The minimum absolute atomic E-state index is 0.233. The fourth-order valence-electron chi connectivity index (χ4n) is 1.24. The van der Waals surface area contributed by atoms with Crippen LogP contribution in [0.25, 0.3) is 0 Å². The quantitative estimate of drug-likeness (QED) is 0.542. The molecule has 1 saturated heterocycles. The molecule has 0 spiro atoms. The summed E-state index contributed by atoms with van der Waals surface area (Å²) in [5, 5.41) is 9.35. The number of hydrogen-bond acceptors (Lipinski definition) is 4. The second-order valence-corrected chi connectivity index (χ2v) is 2.90. The molecule has 3 N–H and O–H groups in total. The van der Waals surface area contributed by atoms with Gasteiger partial charge in [-0.1, -0.05) is 0 Å². The summed E-state index contributed by atoms with van der Waals surface area (Å²) >= 11 is 0. The first-order valence-electron chi connectivity index (χ1n) is 3.77. The number of ether oxygens (including phenoxy) is 2. The summed E-state index contributed by atoms with van der Waals surface area (Å²) in [6.45, 7) is 1.79. The van der Waals surface area contributed by atoms with Gasteiger partial charge in [0.15, 0.2) is 6.29 Å². The Kier molecular flexibility index (Phi) is 2.84. The van der Waals surface area contributed by atoms with Crippen LogP contribution in [0, 0.1) is 0 Å². The molecule has 0 aromatic heterocycles. The van der Waals surface area contributed by atoms with E-state index in [4.69, 9.17) is 15.2 Å². The zero-order valence-corrected chi connectivity index (χ0v) is 6.86. The Labute approximate surface area is 66.3 Å². The van der Waals surface area contributed by atoms with Crippen molar-refractivity contribution in [2.45, 2.75) is 37.9 Å². The van der Waals surface area contributed by atoms with Crippen molar-refractivity contribution in [1.82, 2.24) is 0 Å². The van der Waals surface area contributed by atoms with E-state index in [0.717, 1.165) is 0 Å². The molecule has 4 heteroatoms. The summed E-state index contributed by atoms with van der Waals surface area (Å²) in [7, 11) is 1.57. The van der Waals surface area contributed by atoms with E-state index in [1.165, 1.54) is 0 Å². The van der Waals surface area contributed by atoms with Crippen LogP contribution < -0.4 is 5.73 Å². The number of nitrogens with two attached hydrogens (primary N) is 1. The average molecular weight is 161 g/mol. The molecule has 66 valence electrons. The average Bonchev–Trinajstić information content (AvgIpc) is 1.99. The van der Waals surface area contributed by atoms with Crippen LogP contribution in [0.5, 0.6) is 0 Å². The molecule has 0 aromatic rings. The van der Waals surface area contributed by atoms with Crippen LogP contribution in [0.2, 0.25) is 0 Å². The summed E-state index contributed by atoms with van der Waals surface area (Å²) in [4.78, 5) is 0. The number of aliphatic hydroxyl groups excluding tert-OH is 1. The lowest BCUT2D eigenvalue weighted by atomic mass is 10.0. The van der Waals surface area contributed by atoms with Crippen LogP contribution in [-0.4, -0.2) is 36.8 Å². The lowest BCUT2D eigenvalue weighted by molar-refractivity contribution is -0.211. The second-order valence-electron chi connectivity index (χ2n) is 2.90. The Hall–Kier alpha value is -0.160. The zero-order chi connectivity index (χ0) is 8.43. The molecular formula is C7H15NO3. The molecule has 1 aliphatic rings. The van der Waals surface area contributed by atoms with Crippen molar-refractivity contribution in [3.63, 3.8) is 0 Å². The van der Waals surface area contributed by atoms with Crippen LogP contribution in [-0.2, 0) is 9.47 Å². The Morgan fingerprint density at radius 2 is 2.27 bits per heavy atom. The summed E-state index contributed by atoms with van der Waals surface area (Å²) in [6, 6.07) is -0.233. The number of methoxy groups -OCH3 is 1. The largest absolute Gasteiger partial charge is 0.389 e. The normalized spacial score (nSPS) is 45.8. The minimum atomic E-state index is -0.568. The second kappa shape index (κ2) is 3.49. The Morgan fingerprint density at radius 1 is 1.64 bits per heavy atom. The highest BCUT2D eigenvalue weighted by molar-refractivity contribution is 4.82. The number of aliphatic hydroxyl groups is 1. The van der Waals surface area contributed by atoms with Gasteiger partial charge in [0, 0.05) is 19.6 Å². The highest BCUT2D eigenvalue weighted by Gasteiger charge is 2.32. The maximum absolute atomic E-state index is 9.35. The van der Waals surface area contributed by atoms with Crippen LogP contribution >= 0.6 is 0 Å². The van der Waals surface area contributed by atoms with Gasteiger partial charge in [-0.05, 0) is 6.92 Å². The Morgan fingerprint density at radius 3 is 2.73 bits per heavy atom. The molecule has 1 rings (SSSR count). The van der Waals surface area contributed by atoms with E-state index in [2.05, 4.69) is 0 Å². The van der Waals surface area contributed by atoms with E-state index in [1.54, 1.807) is 14.0 Å².